The predicted molar refractivity (Wildman–Crippen MR) is 96.1 cm³/mol. The minimum Gasteiger partial charge on any atom is -0.319 e. The summed E-state index contributed by atoms with van der Waals surface area (Å²) in [7, 11) is -1.00. The van der Waals surface area contributed by atoms with Crippen LogP contribution < -0.4 is 13.9 Å². The molecular weight excluding hydrogens is 367 g/mol. The van der Waals surface area contributed by atoms with Crippen LogP contribution >= 0.6 is 11.8 Å². The fraction of sp³-hybridized carbons (Fsp3) is 0.200. The van der Waals surface area contributed by atoms with Crippen molar-refractivity contribution in [2.24, 2.45) is 0 Å². The number of pyridine rings is 1. The standard InChI is InChI=1S/C15H15FN4O3S2/c1-19-12-7-10(16)11(8-13(12)20(2)25(19,22)23)18-14(21)9-5-4-6-17-15(9)24-3/h4-8H,1-3H3,(H,18,21). The second-order valence-electron chi connectivity index (χ2n) is 5.28. The monoisotopic (exact) mass is 382 g/mol. The van der Waals surface area contributed by atoms with Gasteiger partial charge in [-0.15, -0.1) is 11.8 Å². The normalized spacial score (nSPS) is 15.2. The maximum absolute atomic E-state index is 14.4. The van der Waals surface area contributed by atoms with E-state index in [1.165, 1.54) is 31.9 Å². The highest BCUT2D eigenvalue weighted by atomic mass is 32.2. The van der Waals surface area contributed by atoms with Crippen molar-refractivity contribution in [3.05, 3.63) is 41.8 Å². The van der Waals surface area contributed by atoms with E-state index in [0.717, 1.165) is 14.7 Å². The molecule has 1 amide bonds. The lowest BCUT2D eigenvalue weighted by molar-refractivity contribution is 0.102. The lowest BCUT2D eigenvalue weighted by Crippen LogP contribution is -2.32. The zero-order valence-corrected chi connectivity index (χ0v) is 15.3. The molecule has 0 bridgehead atoms. The number of anilines is 3. The summed E-state index contributed by atoms with van der Waals surface area (Å²) in [6.45, 7) is 0. The third kappa shape index (κ3) is 2.81. The number of rotatable bonds is 3. The Labute approximate surface area is 149 Å². The summed E-state index contributed by atoms with van der Waals surface area (Å²) >= 11 is 1.30. The molecule has 0 radical (unpaired) electrons. The number of hydrogen-bond donors (Lipinski definition) is 1. The Kier molecular flexibility index (Phi) is 4.33. The number of thioether (sulfide) groups is 1. The third-order valence-electron chi connectivity index (χ3n) is 3.89. The molecule has 2 heterocycles. The number of carbonyl (C=O) groups is 1. The van der Waals surface area contributed by atoms with Crippen LogP contribution in [0.1, 0.15) is 10.4 Å². The Morgan fingerprint density at radius 1 is 1.24 bits per heavy atom. The number of halogens is 1. The van der Waals surface area contributed by atoms with Crippen LogP contribution in [0.2, 0.25) is 0 Å². The van der Waals surface area contributed by atoms with Crippen LogP contribution in [0.4, 0.5) is 21.5 Å². The summed E-state index contributed by atoms with van der Waals surface area (Å²) in [5.41, 5.74) is 0.713. The molecule has 0 aliphatic carbocycles. The van der Waals surface area contributed by atoms with Gasteiger partial charge in [0.2, 0.25) is 0 Å². The number of benzene rings is 1. The molecule has 1 aliphatic rings. The summed E-state index contributed by atoms with van der Waals surface area (Å²) in [5.74, 6) is -1.24. The molecule has 10 heteroatoms. The smallest absolute Gasteiger partial charge is 0.319 e. The summed E-state index contributed by atoms with van der Waals surface area (Å²) in [5, 5.41) is 3.00. The van der Waals surface area contributed by atoms with Gasteiger partial charge in [-0.2, -0.15) is 8.42 Å². The van der Waals surface area contributed by atoms with Crippen LogP contribution in [0.25, 0.3) is 0 Å². The van der Waals surface area contributed by atoms with Crippen molar-refractivity contribution in [2.75, 3.05) is 34.3 Å². The number of nitrogens with zero attached hydrogens (tertiary/aromatic N) is 3. The minimum absolute atomic E-state index is 0.1000. The highest BCUT2D eigenvalue weighted by Gasteiger charge is 2.36. The summed E-state index contributed by atoms with van der Waals surface area (Å²) < 4.78 is 40.7. The van der Waals surface area contributed by atoms with Gasteiger partial charge >= 0.3 is 10.2 Å². The Morgan fingerprint density at radius 3 is 2.52 bits per heavy atom. The molecule has 0 unspecified atom stereocenters. The highest BCUT2D eigenvalue weighted by Crippen LogP contribution is 2.41. The Hall–Kier alpha value is -2.33. The maximum atomic E-state index is 14.4. The number of amides is 1. The van der Waals surface area contributed by atoms with Gasteiger partial charge in [0, 0.05) is 26.4 Å². The van der Waals surface area contributed by atoms with E-state index in [1.807, 2.05) is 0 Å². The molecule has 132 valence electrons. The largest absolute Gasteiger partial charge is 0.326 e. The van der Waals surface area contributed by atoms with Gasteiger partial charge < -0.3 is 5.32 Å². The fourth-order valence-corrected chi connectivity index (χ4v) is 4.20. The van der Waals surface area contributed by atoms with Crippen molar-refractivity contribution >= 4 is 44.9 Å². The molecule has 0 fully saturated rings. The molecule has 1 aromatic carbocycles. The molecule has 1 aromatic heterocycles. The van der Waals surface area contributed by atoms with E-state index in [1.54, 1.807) is 24.6 Å². The van der Waals surface area contributed by atoms with Crippen LogP contribution in [0.15, 0.2) is 35.5 Å². The first-order chi connectivity index (χ1) is 11.8. The lowest BCUT2D eigenvalue weighted by Gasteiger charge is -2.13. The van der Waals surface area contributed by atoms with Crippen molar-refractivity contribution in [1.82, 2.24) is 4.98 Å². The molecule has 1 aliphatic heterocycles. The van der Waals surface area contributed by atoms with E-state index >= 15 is 0 Å². The molecule has 0 saturated carbocycles. The third-order valence-corrected chi connectivity index (χ3v) is 6.38. The zero-order valence-electron chi connectivity index (χ0n) is 13.6. The van der Waals surface area contributed by atoms with Crippen LogP contribution in [0.5, 0.6) is 0 Å². The van der Waals surface area contributed by atoms with Crippen LogP contribution in [-0.4, -0.2) is 39.7 Å². The molecule has 3 rings (SSSR count). The molecule has 25 heavy (non-hydrogen) atoms. The van der Waals surface area contributed by atoms with Crippen molar-refractivity contribution in [3.63, 3.8) is 0 Å². The molecule has 0 saturated heterocycles. The lowest BCUT2D eigenvalue weighted by atomic mass is 10.2. The molecule has 2 aromatic rings. The Morgan fingerprint density at radius 2 is 1.88 bits per heavy atom. The second kappa shape index (κ2) is 6.19. The molecule has 0 atom stereocenters. The first-order valence-electron chi connectivity index (χ1n) is 7.14. The number of hydrogen-bond acceptors (Lipinski definition) is 5. The van der Waals surface area contributed by atoms with E-state index in [2.05, 4.69) is 10.3 Å². The van der Waals surface area contributed by atoms with Crippen molar-refractivity contribution < 1.29 is 17.6 Å². The minimum atomic E-state index is -3.71. The van der Waals surface area contributed by atoms with Gasteiger partial charge in [0.1, 0.15) is 10.8 Å². The predicted octanol–water partition coefficient (Wildman–Crippen LogP) is 2.33. The van der Waals surface area contributed by atoms with Gasteiger partial charge in [0.05, 0.1) is 22.6 Å². The SMILES string of the molecule is CSc1ncccc1C(=O)Nc1cc2c(cc1F)N(C)S(=O)(=O)N2C. The zero-order chi connectivity index (χ0) is 18.4. The van der Waals surface area contributed by atoms with E-state index < -0.39 is 21.9 Å². The van der Waals surface area contributed by atoms with Gasteiger partial charge in [-0.05, 0) is 24.5 Å². The van der Waals surface area contributed by atoms with Crippen LogP contribution in [-0.2, 0) is 10.2 Å². The highest BCUT2D eigenvalue weighted by molar-refractivity contribution is 7.98. The van der Waals surface area contributed by atoms with Gasteiger partial charge in [-0.25, -0.2) is 9.37 Å². The fourth-order valence-electron chi connectivity index (χ4n) is 2.50. The topological polar surface area (TPSA) is 82.6 Å². The summed E-state index contributed by atoms with van der Waals surface area (Å²) in [6.07, 6.45) is 3.35. The van der Waals surface area contributed by atoms with Crippen LogP contribution in [0.3, 0.4) is 0 Å². The number of fused-ring (bicyclic) bond motifs is 1. The van der Waals surface area contributed by atoms with Crippen molar-refractivity contribution in [3.8, 4) is 0 Å². The average molecular weight is 382 g/mol. The van der Waals surface area contributed by atoms with Crippen molar-refractivity contribution in [2.45, 2.75) is 5.03 Å². The Bertz CT molecular complexity index is 965. The van der Waals surface area contributed by atoms with Gasteiger partial charge in [-0.1, -0.05) is 0 Å². The quantitative estimate of drug-likeness (QED) is 0.824. The molecule has 7 nitrogen and oxygen atoms in total. The van der Waals surface area contributed by atoms with E-state index in [0.29, 0.717) is 10.6 Å². The van der Waals surface area contributed by atoms with Crippen LogP contribution in [0, 0.1) is 5.82 Å². The second-order valence-corrected chi connectivity index (χ2v) is 8.06. The molecule has 1 N–H and O–H groups in total. The average Bonchev–Trinajstić information content (AvgIpc) is 2.76. The van der Waals surface area contributed by atoms with E-state index in [-0.39, 0.29) is 17.1 Å². The molecular formula is C15H15FN4O3S2. The Balaban J connectivity index is 1.98. The summed E-state index contributed by atoms with van der Waals surface area (Å²) in [6, 6.07) is 5.59. The van der Waals surface area contributed by atoms with E-state index in [9.17, 15) is 17.6 Å². The van der Waals surface area contributed by atoms with Crippen molar-refractivity contribution in [1.29, 1.82) is 0 Å². The first kappa shape index (κ1) is 17.5. The van der Waals surface area contributed by atoms with Gasteiger partial charge in [0.25, 0.3) is 5.91 Å². The first-order valence-corrected chi connectivity index (χ1v) is 9.76. The maximum Gasteiger partial charge on any atom is 0.326 e. The summed E-state index contributed by atoms with van der Waals surface area (Å²) in [4.78, 5) is 16.5. The van der Waals surface area contributed by atoms with E-state index in [4.69, 9.17) is 0 Å². The number of nitrogens with one attached hydrogen (secondary N) is 1. The van der Waals surface area contributed by atoms with Gasteiger partial charge in [-0.3, -0.25) is 13.4 Å². The molecule has 0 spiro atoms. The van der Waals surface area contributed by atoms with Gasteiger partial charge in [0.15, 0.2) is 0 Å². The number of carbonyl (C=O) groups excluding carboxylic acids is 1. The number of aromatic nitrogens is 1.